The molecule has 2 unspecified atom stereocenters. The van der Waals surface area contributed by atoms with Crippen LogP contribution in [0.2, 0.25) is 0 Å². The van der Waals surface area contributed by atoms with E-state index in [4.69, 9.17) is 13.3 Å². The largest absolute Gasteiger partial charge is 0.455 e. The average Bonchev–Trinajstić information content (AvgIpc) is 1.55. The number of anilines is 6. The quantitative estimate of drug-likeness (QED) is 0.147. The van der Waals surface area contributed by atoms with Crippen LogP contribution >= 0.6 is 0 Å². The van der Waals surface area contributed by atoms with Crippen LogP contribution in [-0.2, 0) is 5.41 Å². The van der Waals surface area contributed by atoms with E-state index in [9.17, 15) is 0 Å². The van der Waals surface area contributed by atoms with Gasteiger partial charge >= 0.3 is 0 Å². The molecule has 0 spiro atoms. The zero-order valence-electron chi connectivity index (χ0n) is 45.5. The normalized spacial score (nSPS) is 15.3. The maximum Gasteiger partial charge on any atom is 0.159 e. The zero-order valence-corrected chi connectivity index (χ0v) is 45.5. The molecule has 2 atom stereocenters. The summed E-state index contributed by atoms with van der Waals surface area (Å²) < 4.78 is 21.6. The summed E-state index contributed by atoms with van der Waals surface area (Å²) in [6.07, 6.45) is 8.69. The minimum absolute atomic E-state index is 0.275. The van der Waals surface area contributed by atoms with Crippen LogP contribution in [0.1, 0.15) is 16.7 Å². The summed E-state index contributed by atoms with van der Waals surface area (Å²) in [7, 11) is 0. The van der Waals surface area contributed by atoms with Crippen molar-refractivity contribution in [3.63, 3.8) is 0 Å². The minimum Gasteiger partial charge on any atom is -0.455 e. The molecule has 6 nitrogen and oxygen atoms in total. The highest BCUT2D eigenvalue weighted by molar-refractivity contribution is 6.21. The second-order valence-corrected chi connectivity index (χ2v) is 21.9. The van der Waals surface area contributed by atoms with Gasteiger partial charge in [-0.3, -0.25) is 0 Å². The molecule has 84 heavy (non-hydrogen) atoms. The number of hydrogen-bond donors (Lipinski definition) is 1. The molecule has 2 aliphatic rings. The van der Waals surface area contributed by atoms with Gasteiger partial charge in [0.1, 0.15) is 22.3 Å². The molecule has 0 saturated heterocycles. The van der Waals surface area contributed by atoms with Crippen LogP contribution in [0.3, 0.4) is 0 Å². The second-order valence-electron chi connectivity index (χ2n) is 21.9. The highest BCUT2D eigenvalue weighted by atomic mass is 16.3. The van der Waals surface area contributed by atoms with Gasteiger partial charge in [-0.1, -0.05) is 224 Å². The number of para-hydroxylation sites is 7. The van der Waals surface area contributed by atoms with Crippen molar-refractivity contribution in [2.24, 2.45) is 0 Å². The van der Waals surface area contributed by atoms with E-state index in [1.165, 1.54) is 0 Å². The first-order chi connectivity index (χ1) is 41.7. The molecule has 0 radical (unpaired) electrons. The van der Waals surface area contributed by atoms with E-state index in [-0.39, 0.29) is 6.04 Å². The van der Waals surface area contributed by atoms with Gasteiger partial charge in [0.25, 0.3) is 0 Å². The van der Waals surface area contributed by atoms with Crippen LogP contribution in [0.15, 0.2) is 311 Å². The van der Waals surface area contributed by atoms with E-state index in [1.54, 1.807) is 0 Å². The molecule has 3 aromatic heterocycles. The van der Waals surface area contributed by atoms with Crippen molar-refractivity contribution in [1.29, 1.82) is 0 Å². The fourth-order valence-corrected chi connectivity index (χ4v) is 13.9. The summed E-state index contributed by atoms with van der Waals surface area (Å²) in [4.78, 5) is 4.86. The third-order valence-corrected chi connectivity index (χ3v) is 17.4. The first kappa shape index (κ1) is 47.7. The van der Waals surface area contributed by atoms with E-state index in [1.807, 2.05) is 12.1 Å². The Labute approximate surface area is 484 Å². The second kappa shape index (κ2) is 19.0. The molecule has 4 heterocycles. The molecule has 0 saturated carbocycles. The molecule has 6 heteroatoms. The van der Waals surface area contributed by atoms with Crippen LogP contribution in [0.4, 0.5) is 34.1 Å². The van der Waals surface area contributed by atoms with Crippen molar-refractivity contribution in [2.45, 2.75) is 11.5 Å². The number of nitrogens with one attached hydrogen (secondary N) is 1. The average molecular weight is 1080 g/mol. The van der Waals surface area contributed by atoms with Crippen molar-refractivity contribution < 1.29 is 13.3 Å². The molecule has 15 aromatic rings. The topological polar surface area (TPSA) is 57.9 Å². The van der Waals surface area contributed by atoms with Crippen LogP contribution in [0.5, 0.6) is 0 Å². The highest BCUT2D eigenvalue weighted by Gasteiger charge is 2.52. The Morgan fingerprint density at radius 3 is 1.44 bits per heavy atom. The summed E-state index contributed by atoms with van der Waals surface area (Å²) in [5.74, 6) is 0. The summed E-state index contributed by atoms with van der Waals surface area (Å²) in [5.41, 5.74) is 19.7. The van der Waals surface area contributed by atoms with Crippen molar-refractivity contribution >= 4 is 99.9 Å². The lowest BCUT2D eigenvalue weighted by Gasteiger charge is -2.41. The molecule has 17 rings (SSSR count). The number of hydrogen-bond acceptors (Lipinski definition) is 6. The number of allylic oxidation sites excluding steroid dienone is 2. The zero-order chi connectivity index (χ0) is 55.3. The van der Waals surface area contributed by atoms with Gasteiger partial charge in [-0.05, 0) is 106 Å². The standard InChI is InChI=1S/C78H51N3O3/c1-4-24-50(25-5-1)54-30-10-15-37-64(54)80(66-39-22-35-58-56-32-12-17-41-69(56)82-75(58)66)53-45-46-60-62(48-53)78(52-28-8-3-9-29-52,72-44-20-21-47-79-72)63-49-68(74-61-34-14-19-43-71(61)84-77(74)73(60)63)81(65-38-16-11-31-55(65)51-26-6-2-7-27-51)67-40-23-36-59-57-33-13-18-42-70(57)83-76(59)67/h1-49,72,79H. The summed E-state index contributed by atoms with van der Waals surface area (Å²) in [5, 5.41) is 10.2. The lowest BCUT2D eigenvalue weighted by molar-refractivity contribution is 0.501. The number of nitrogens with zero attached hydrogens (tertiary/aromatic N) is 2. The Balaban J connectivity index is 1.01. The predicted octanol–water partition coefficient (Wildman–Crippen LogP) is 21.0. The Morgan fingerprint density at radius 1 is 0.345 bits per heavy atom. The van der Waals surface area contributed by atoms with Gasteiger partial charge in [0.05, 0.1) is 45.3 Å². The van der Waals surface area contributed by atoms with E-state index < -0.39 is 5.41 Å². The molecule has 1 N–H and O–H groups in total. The molecule has 12 aromatic carbocycles. The lowest BCUT2D eigenvalue weighted by atomic mass is 9.66. The minimum atomic E-state index is -0.878. The van der Waals surface area contributed by atoms with Gasteiger partial charge in [-0.2, -0.15) is 0 Å². The Hall–Kier alpha value is -11.1. The van der Waals surface area contributed by atoms with Crippen molar-refractivity contribution in [2.75, 3.05) is 9.80 Å². The van der Waals surface area contributed by atoms with Gasteiger partial charge < -0.3 is 28.4 Å². The smallest absolute Gasteiger partial charge is 0.159 e. The lowest BCUT2D eigenvalue weighted by Crippen LogP contribution is -2.47. The van der Waals surface area contributed by atoms with Crippen molar-refractivity contribution in [1.82, 2.24) is 5.32 Å². The summed E-state index contributed by atoms with van der Waals surface area (Å²) in [6, 6.07) is 97.6. The van der Waals surface area contributed by atoms with Crippen LogP contribution in [0, 0.1) is 0 Å². The highest BCUT2D eigenvalue weighted by Crippen LogP contribution is 2.62. The monoisotopic (exact) mass is 1080 g/mol. The van der Waals surface area contributed by atoms with Gasteiger partial charge in [0, 0.05) is 49.3 Å². The molecule has 1 aliphatic carbocycles. The van der Waals surface area contributed by atoms with Gasteiger partial charge in [-0.25, -0.2) is 0 Å². The third-order valence-electron chi connectivity index (χ3n) is 17.4. The van der Waals surface area contributed by atoms with Crippen molar-refractivity contribution in [3.05, 3.63) is 314 Å². The number of furan rings is 3. The third kappa shape index (κ3) is 7.10. The molecule has 0 fully saturated rings. The maximum absolute atomic E-state index is 7.51. The molecule has 396 valence electrons. The number of rotatable bonds is 10. The van der Waals surface area contributed by atoms with Crippen LogP contribution in [0.25, 0.3) is 99.2 Å². The van der Waals surface area contributed by atoms with Gasteiger partial charge in [0.15, 0.2) is 11.2 Å². The van der Waals surface area contributed by atoms with Gasteiger partial charge in [0.2, 0.25) is 0 Å². The van der Waals surface area contributed by atoms with Gasteiger partial charge in [-0.15, -0.1) is 0 Å². The number of benzene rings is 12. The summed E-state index contributed by atoms with van der Waals surface area (Å²) >= 11 is 0. The maximum atomic E-state index is 7.51. The summed E-state index contributed by atoms with van der Waals surface area (Å²) in [6.45, 7) is 0. The van der Waals surface area contributed by atoms with E-state index in [0.29, 0.717) is 0 Å². The molecule has 0 amide bonds. The molecular formula is C78H51N3O3. The van der Waals surface area contributed by atoms with Crippen LogP contribution < -0.4 is 15.1 Å². The number of dihydropyridines is 1. The fraction of sp³-hybridized carbons (Fsp3) is 0.0256. The Bertz CT molecular complexity index is 5150. The van der Waals surface area contributed by atoms with E-state index in [0.717, 1.165) is 150 Å². The SMILES string of the molecule is C1=CNC(C2(c3ccccc3)c3cc(N(c4ccccc4-c4ccccc4)c4cccc5c4oc4ccccc45)ccc3-c3c2cc(N(c2ccccc2-c2ccccc2)c2cccc4c2oc2ccccc24)c2c3oc3ccccc32)C=C1. The fourth-order valence-electron chi connectivity index (χ4n) is 13.9. The molecule has 0 bridgehead atoms. The van der Waals surface area contributed by atoms with Crippen LogP contribution in [-0.4, -0.2) is 6.04 Å². The Kier molecular flexibility index (Phi) is 10.8. The Morgan fingerprint density at radius 2 is 0.833 bits per heavy atom. The molecular weight excluding hydrogens is 1030 g/mol. The molecule has 1 aliphatic heterocycles. The number of fused-ring (bicyclic) bond motifs is 13. The predicted molar refractivity (Wildman–Crippen MR) is 345 cm³/mol. The first-order valence-corrected chi connectivity index (χ1v) is 28.7. The van der Waals surface area contributed by atoms with E-state index >= 15 is 0 Å². The first-order valence-electron chi connectivity index (χ1n) is 28.7. The van der Waals surface area contributed by atoms with Crippen molar-refractivity contribution in [3.8, 4) is 33.4 Å². The van der Waals surface area contributed by atoms with E-state index in [2.05, 4.69) is 300 Å².